The van der Waals surface area contributed by atoms with Gasteiger partial charge < -0.3 is 14.7 Å². The van der Waals surface area contributed by atoms with Crippen LogP contribution in [0, 0.1) is 23.2 Å². The van der Waals surface area contributed by atoms with Gasteiger partial charge in [0.25, 0.3) is 11.8 Å². The Morgan fingerprint density at radius 3 is 2.45 bits per heavy atom. The van der Waals surface area contributed by atoms with Crippen molar-refractivity contribution in [1.29, 1.82) is 5.26 Å². The number of nitriles is 1. The normalized spacial score (nSPS) is 26.9. The van der Waals surface area contributed by atoms with Gasteiger partial charge in [0, 0.05) is 50.4 Å². The standard InChI is InChI=1S/C26H34N4O2S/c27-17-21-24(28-12-14-29(15-13-28)26(32)23-11-6-16-33-23)20-9-4-5-10-22(20)30(25(21)31)18-19-7-2-1-3-8-19/h6,11,16,19-20,22H,1-5,7-10,12-15,18H2. The first-order valence-electron chi connectivity index (χ1n) is 12.7. The smallest absolute Gasteiger partial charge is 0.266 e. The van der Waals surface area contributed by atoms with Crippen LogP contribution in [0.25, 0.3) is 0 Å². The summed E-state index contributed by atoms with van der Waals surface area (Å²) in [6, 6.07) is 6.34. The van der Waals surface area contributed by atoms with E-state index >= 15 is 0 Å². The minimum atomic E-state index is -0.0432. The van der Waals surface area contributed by atoms with Crippen molar-refractivity contribution in [2.24, 2.45) is 11.8 Å². The van der Waals surface area contributed by atoms with Gasteiger partial charge in [0.2, 0.25) is 0 Å². The number of piperazine rings is 1. The van der Waals surface area contributed by atoms with Gasteiger partial charge in [-0.15, -0.1) is 11.3 Å². The third-order valence-electron chi connectivity index (χ3n) is 8.14. The molecule has 4 aliphatic rings. The van der Waals surface area contributed by atoms with Crippen LogP contribution in [-0.2, 0) is 4.79 Å². The monoisotopic (exact) mass is 466 g/mol. The molecule has 5 rings (SSSR count). The van der Waals surface area contributed by atoms with Crippen LogP contribution < -0.4 is 0 Å². The van der Waals surface area contributed by atoms with Crippen molar-refractivity contribution in [3.63, 3.8) is 0 Å². The van der Waals surface area contributed by atoms with Crippen LogP contribution in [0.2, 0.25) is 0 Å². The van der Waals surface area contributed by atoms with Gasteiger partial charge in [-0.2, -0.15) is 5.26 Å². The van der Waals surface area contributed by atoms with E-state index in [9.17, 15) is 14.9 Å². The highest BCUT2D eigenvalue weighted by molar-refractivity contribution is 7.12. The topological polar surface area (TPSA) is 67.7 Å². The van der Waals surface area contributed by atoms with Crippen LogP contribution in [0.5, 0.6) is 0 Å². The Morgan fingerprint density at radius 1 is 1.03 bits per heavy atom. The largest absolute Gasteiger partial charge is 0.370 e. The van der Waals surface area contributed by atoms with E-state index in [1.807, 2.05) is 22.4 Å². The zero-order chi connectivity index (χ0) is 22.8. The zero-order valence-electron chi connectivity index (χ0n) is 19.4. The Balaban J connectivity index is 1.36. The van der Waals surface area contributed by atoms with Gasteiger partial charge in [-0.25, -0.2) is 0 Å². The number of carbonyl (C=O) groups excluding carboxylic acids is 2. The summed E-state index contributed by atoms with van der Waals surface area (Å²) < 4.78 is 0. The molecule has 0 N–H and O–H groups in total. The molecule has 2 atom stereocenters. The van der Waals surface area contributed by atoms with E-state index in [0.717, 1.165) is 42.8 Å². The van der Waals surface area contributed by atoms with E-state index in [0.29, 0.717) is 37.7 Å². The predicted octanol–water partition coefficient (Wildman–Crippen LogP) is 4.26. The SMILES string of the molecule is N#CC1=C(N2CCN(C(=O)c3cccs3)CC2)C2CCCCC2N(CC2CCCCC2)C1=O. The van der Waals surface area contributed by atoms with Gasteiger partial charge in [0.15, 0.2) is 0 Å². The summed E-state index contributed by atoms with van der Waals surface area (Å²) in [6.07, 6.45) is 10.7. The molecule has 0 aromatic carbocycles. The highest BCUT2D eigenvalue weighted by Crippen LogP contribution is 2.42. The quantitative estimate of drug-likeness (QED) is 0.665. The van der Waals surface area contributed by atoms with E-state index in [4.69, 9.17) is 0 Å². The van der Waals surface area contributed by atoms with Gasteiger partial charge in [-0.1, -0.05) is 38.2 Å². The second-order valence-corrected chi connectivity index (χ2v) is 11.0. The molecule has 1 aromatic heterocycles. The fraction of sp³-hybridized carbons (Fsp3) is 0.654. The maximum Gasteiger partial charge on any atom is 0.266 e. The Labute approximate surface area is 200 Å². The molecular weight excluding hydrogens is 432 g/mol. The van der Waals surface area contributed by atoms with E-state index in [2.05, 4.69) is 15.9 Å². The molecule has 3 heterocycles. The molecule has 2 aliphatic heterocycles. The summed E-state index contributed by atoms with van der Waals surface area (Å²) in [7, 11) is 0. The number of thiophene rings is 1. The fourth-order valence-corrected chi connectivity index (χ4v) is 7.15. The summed E-state index contributed by atoms with van der Waals surface area (Å²) in [5.74, 6) is 0.888. The maximum atomic E-state index is 13.6. The average Bonchev–Trinajstić information content (AvgIpc) is 3.41. The Hall–Kier alpha value is -2.33. The summed E-state index contributed by atoms with van der Waals surface area (Å²) in [4.78, 5) is 33.4. The molecule has 0 spiro atoms. The Kier molecular flexibility index (Phi) is 6.73. The van der Waals surface area contributed by atoms with E-state index in [1.165, 1.54) is 43.4 Å². The predicted molar refractivity (Wildman–Crippen MR) is 128 cm³/mol. The van der Waals surface area contributed by atoms with E-state index < -0.39 is 0 Å². The van der Waals surface area contributed by atoms with Crippen molar-refractivity contribution in [3.05, 3.63) is 33.7 Å². The molecule has 176 valence electrons. The average molecular weight is 467 g/mol. The van der Waals surface area contributed by atoms with E-state index in [-0.39, 0.29) is 23.8 Å². The molecule has 7 heteroatoms. The van der Waals surface area contributed by atoms with Crippen LogP contribution in [0.4, 0.5) is 0 Å². The van der Waals surface area contributed by atoms with Gasteiger partial charge in [0.1, 0.15) is 11.6 Å². The number of rotatable bonds is 4. The highest BCUT2D eigenvalue weighted by atomic mass is 32.1. The third-order valence-corrected chi connectivity index (χ3v) is 9.00. The van der Waals surface area contributed by atoms with E-state index in [1.54, 1.807) is 0 Å². The van der Waals surface area contributed by atoms with Crippen molar-refractivity contribution in [1.82, 2.24) is 14.7 Å². The number of nitrogens with zero attached hydrogens (tertiary/aromatic N) is 4. The van der Waals surface area contributed by atoms with Crippen molar-refractivity contribution in [2.75, 3.05) is 32.7 Å². The molecule has 3 fully saturated rings. The van der Waals surface area contributed by atoms with Crippen LogP contribution in [-0.4, -0.2) is 65.3 Å². The molecule has 2 amide bonds. The molecule has 2 unspecified atom stereocenters. The minimum absolute atomic E-state index is 0.0432. The van der Waals surface area contributed by atoms with Crippen molar-refractivity contribution >= 4 is 23.2 Å². The fourth-order valence-electron chi connectivity index (χ4n) is 6.46. The first-order valence-corrected chi connectivity index (χ1v) is 13.6. The Bertz CT molecular complexity index is 936. The number of amides is 2. The molecule has 1 aromatic rings. The van der Waals surface area contributed by atoms with Gasteiger partial charge >= 0.3 is 0 Å². The van der Waals surface area contributed by atoms with Crippen molar-refractivity contribution < 1.29 is 9.59 Å². The minimum Gasteiger partial charge on any atom is -0.370 e. The third kappa shape index (κ3) is 4.42. The Morgan fingerprint density at radius 2 is 1.76 bits per heavy atom. The van der Waals surface area contributed by atoms with Crippen molar-refractivity contribution in [3.8, 4) is 6.07 Å². The second kappa shape index (κ2) is 9.89. The molecule has 2 saturated carbocycles. The molecule has 2 aliphatic carbocycles. The summed E-state index contributed by atoms with van der Waals surface area (Å²) in [5, 5.41) is 12.0. The maximum absolute atomic E-state index is 13.6. The van der Waals surface area contributed by atoms with Crippen LogP contribution >= 0.6 is 11.3 Å². The lowest BCUT2D eigenvalue weighted by atomic mass is 9.76. The van der Waals surface area contributed by atoms with Gasteiger partial charge in [0.05, 0.1) is 4.88 Å². The molecule has 0 bridgehead atoms. The molecule has 1 saturated heterocycles. The van der Waals surface area contributed by atoms with Crippen LogP contribution in [0.15, 0.2) is 28.8 Å². The number of carbonyl (C=O) groups is 2. The number of hydrogen-bond acceptors (Lipinski definition) is 5. The lowest BCUT2D eigenvalue weighted by Gasteiger charge is -2.49. The molecule has 0 radical (unpaired) electrons. The summed E-state index contributed by atoms with van der Waals surface area (Å²) in [5.41, 5.74) is 1.35. The number of hydrogen-bond donors (Lipinski definition) is 0. The summed E-state index contributed by atoms with van der Waals surface area (Å²) in [6.45, 7) is 3.47. The first kappa shape index (κ1) is 22.5. The second-order valence-electron chi connectivity index (χ2n) is 10.0. The van der Waals surface area contributed by atoms with Gasteiger partial charge in [-0.05, 0) is 43.0 Å². The molecular formula is C26H34N4O2S. The number of fused-ring (bicyclic) bond motifs is 1. The lowest BCUT2D eigenvalue weighted by Crippen LogP contribution is -2.57. The van der Waals surface area contributed by atoms with Gasteiger partial charge in [-0.3, -0.25) is 9.59 Å². The summed E-state index contributed by atoms with van der Waals surface area (Å²) >= 11 is 1.48. The van der Waals surface area contributed by atoms with Crippen molar-refractivity contribution in [2.45, 2.75) is 63.8 Å². The highest BCUT2D eigenvalue weighted by Gasteiger charge is 2.45. The zero-order valence-corrected chi connectivity index (χ0v) is 20.2. The van der Waals surface area contributed by atoms with Crippen LogP contribution in [0.3, 0.4) is 0 Å². The lowest BCUT2D eigenvalue weighted by molar-refractivity contribution is -0.133. The molecule has 6 nitrogen and oxygen atoms in total. The first-order chi connectivity index (χ1) is 16.2. The van der Waals surface area contributed by atoms with Crippen LogP contribution in [0.1, 0.15) is 67.5 Å². The molecule has 33 heavy (non-hydrogen) atoms.